The van der Waals surface area contributed by atoms with E-state index >= 15 is 0 Å². The van der Waals surface area contributed by atoms with E-state index in [0.29, 0.717) is 6.54 Å². The third-order valence-corrected chi connectivity index (χ3v) is 2.52. The molecule has 0 bridgehead atoms. The number of rotatable bonds is 6. The zero-order chi connectivity index (χ0) is 11.1. The van der Waals surface area contributed by atoms with Gasteiger partial charge in [0.05, 0.1) is 6.10 Å². The van der Waals surface area contributed by atoms with Crippen LogP contribution in [0, 0.1) is 6.92 Å². The molecular formula is C13H21NO. The van der Waals surface area contributed by atoms with Gasteiger partial charge in [0.25, 0.3) is 0 Å². The third kappa shape index (κ3) is 4.96. The van der Waals surface area contributed by atoms with Gasteiger partial charge in [-0.3, -0.25) is 0 Å². The Kier molecular flexibility index (Phi) is 5.37. The molecule has 1 aromatic rings. The summed E-state index contributed by atoms with van der Waals surface area (Å²) in [6, 6.07) is 8.50. The zero-order valence-electron chi connectivity index (χ0n) is 9.66. The number of hydrogen-bond donors (Lipinski definition) is 2. The van der Waals surface area contributed by atoms with Gasteiger partial charge in [0.1, 0.15) is 0 Å². The molecule has 0 aliphatic carbocycles. The van der Waals surface area contributed by atoms with Crippen LogP contribution in [0.1, 0.15) is 24.5 Å². The van der Waals surface area contributed by atoms with Gasteiger partial charge in [-0.15, -0.1) is 0 Å². The number of likely N-dealkylation sites (N-methyl/N-ethyl adjacent to an activating group) is 1. The van der Waals surface area contributed by atoms with Crippen molar-refractivity contribution in [3.8, 4) is 0 Å². The quantitative estimate of drug-likeness (QED) is 0.746. The van der Waals surface area contributed by atoms with E-state index in [4.69, 9.17) is 0 Å². The molecule has 1 rings (SSSR count). The fraction of sp³-hybridized carbons (Fsp3) is 0.538. The summed E-state index contributed by atoms with van der Waals surface area (Å²) in [6.45, 7) is 5.75. The predicted molar refractivity (Wildman–Crippen MR) is 64.1 cm³/mol. The van der Waals surface area contributed by atoms with E-state index in [9.17, 15) is 5.11 Å². The summed E-state index contributed by atoms with van der Waals surface area (Å²) >= 11 is 0. The highest BCUT2D eigenvalue weighted by Gasteiger charge is 2.03. The minimum atomic E-state index is -0.230. The Morgan fingerprint density at radius 2 is 1.93 bits per heavy atom. The van der Waals surface area contributed by atoms with Crippen molar-refractivity contribution in [2.24, 2.45) is 0 Å². The number of nitrogens with one attached hydrogen (secondary N) is 1. The van der Waals surface area contributed by atoms with E-state index < -0.39 is 0 Å². The summed E-state index contributed by atoms with van der Waals surface area (Å²) in [4.78, 5) is 0. The van der Waals surface area contributed by atoms with E-state index in [1.807, 2.05) is 6.92 Å². The monoisotopic (exact) mass is 207 g/mol. The van der Waals surface area contributed by atoms with Crippen LogP contribution in [0.15, 0.2) is 24.3 Å². The molecule has 0 aliphatic heterocycles. The summed E-state index contributed by atoms with van der Waals surface area (Å²) < 4.78 is 0. The molecule has 2 N–H and O–H groups in total. The average Bonchev–Trinajstić information content (AvgIpc) is 2.25. The smallest absolute Gasteiger partial charge is 0.0667 e. The van der Waals surface area contributed by atoms with Gasteiger partial charge in [0.15, 0.2) is 0 Å². The Bertz CT molecular complexity index is 268. The zero-order valence-corrected chi connectivity index (χ0v) is 9.66. The first kappa shape index (κ1) is 12.2. The van der Waals surface area contributed by atoms with Gasteiger partial charge in [-0.2, -0.15) is 0 Å². The van der Waals surface area contributed by atoms with Crippen molar-refractivity contribution in [3.05, 3.63) is 35.4 Å². The molecule has 0 unspecified atom stereocenters. The highest BCUT2D eigenvalue weighted by molar-refractivity contribution is 5.21. The van der Waals surface area contributed by atoms with Crippen molar-refractivity contribution in [2.75, 3.05) is 13.1 Å². The summed E-state index contributed by atoms with van der Waals surface area (Å²) in [5.41, 5.74) is 2.59. The first-order chi connectivity index (χ1) is 7.22. The van der Waals surface area contributed by atoms with Gasteiger partial charge in [-0.25, -0.2) is 0 Å². The number of aliphatic hydroxyl groups excluding tert-OH is 1. The molecule has 1 aromatic carbocycles. The minimum absolute atomic E-state index is 0.230. The van der Waals surface area contributed by atoms with Crippen LogP contribution in [0.5, 0.6) is 0 Å². The van der Waals surface area contributed by atoms with Crippen LogP contribution < -0.4 is 5.32 Å². The molecule has 0 saturated carbocycles. The Labute approximate surface area is 92.3 Å². The average molecular weight is 207 g/mol. The molecule has 2 heteroatoms. The highest BCUT2D eigenvalue weighted by Crippen LogP contribution is 2.07. The predicted octanol–water partition coefficient (Wildman–Crippen LogP) is 1.90. The van der Waals surface area contributed by atoms with Crippen LogP contribution in [0.4, 0.5) is 0 Å². The van der Waals surface area contributed by atoms with Gasteiger partial charge in [0, 0.05) is 6.54 Å². The maximum atomic E-state index is 9.63. The molecule has 0 fully saturated rings. The van der Waals surface area contributed by atoms with E-state index in [-0.39, 0.29) is 6.10 Å². The van der Waals surface area contributed by atoms with Crippen LogP contribution in [-0.2, 0) is 6.42 Å². The topological polar surface area (TPSA) is 32.3 Å². The second-order valence-corrected chi connectivity index (χ2v) is 3.99. The van der Waals surface area contributed by atoms with Crippen LogP contribution in [0.2, 0.25) is 0 Å². The van der Waals surface area contributed by atoms with Crippen molar-refractivity contribution >= 4 is 0 Å². The van der Waals surface area contributed by atoms with Gasteiger partial charge < -0.3 is 10.4 Å². The van der Waals surface area contributed by atoms with Gasteiger partial charge in [0.2, 0.25) is 0 Å². The number of aryl methyl sites for hydroxylation is 2. The van der Waals surface area contributed by atoms with E-state index in [1.54, 1.807) is 0 Å². The molecule has 15 heavy (non-hydrogen) atoms. The lowest BCUT2D eigenvalue weighted by Crippen LogP contribution is -2.26. The van der Waals surface area contributed by atoms with E-state index in [2.05, 4.69) is 36.5 Å². The normalized spacial score (nSPS) is 12.7. The number of hydrogen-bond acceptors (Lipinski definition) is 2. The minimum Gasteiger partial charge on any atom is -0.392 e. The molecule has 1 atom stereocenters. The molecule has 0 spiro atoms. The molecule has 0 radical (unpaired) electrons. The fourth-order valence-electron chi connectivity index (χ4n) is 1.50. The Morgan fingerprint density at radius 3 is 2.53 bits per heavy atom. The number of aliphatic hydroxyl groups is 1. The van der Waals surface area contributed by atoms with Crippen LogP contribution >= 0.6 is 0 Å². The molecule has 2 nitrogen and oxygen atoms in total. The lowest BCUT2D eigenvalue weighted by molar-refractivity contribution is 0.163. The number of benzene rings is 1. The summed E-state index contributed by atoms with van der Waals surface area (Å²) in [6.07, 6.45) is 1.55. The second kappa shape index (κ2) is 6.59. The molecule has 0 aliphatic rings. The molecule has 0 heterocycles. The Morgan fingerprint density at radius 1 is 1.27 bits per heavy atom. The molecule has 84 valence electrons. The van der Waals surface area contributed by atoms with Crippen LogP contribution in [0.25, 0.3) is 0 Å². The molecular weight excluding hydrogens is 186 g/mol. The van der Waals surface area contributed by atoms with Gasteiger partial charge in [-0.1, -0.05) is 36.8 Å². The lowest BCUT2D eigenvalue weighted by Gasteiger charge is -2.10. The summed E-state index contributed by atoms with van der Waals surface area (Å²) in [5.74, 6) is 0. The molecule has 0 aromatic heterocycles. The first-order valence-electron chi connectivity index (χ1n) is 5.66. The van der Waals surface area contributed by atoms with Gasteiger partial charge in [-0.05, 0) is 31.9 Å². The summed E-state index contributed by atoms with van der Waals surface area (Å²) in [5, 5.41) is 12.8. The van der Waals surface area contributed by atoms with Crippen molar-refractivity contribution in [1.29, 1.82) is 0 Å². The second-order valence-electron chi connectivity index (χ2n) is 3.99. The maximum Gasteiger partial charge on any atom is 0.0667 e. The standard InChI is InChI=1S/C13H21NO/c1-3-14-10-13(15)9-8-12-6-4-11(2)5-7-12/h4-7,13-15H,3,8-10H2,1-2H3/t13-/m1/s1. The van der Waals surface area contributed by atoms with E-state index in [1.165, 1.54) is 11.1 Å². The van der Waals surface area contributed by atoms with Crippen LogP contribution in [0.3, 0.4) is 0 Å². The van der Waals surface area contributed by atoms with Crippen molar-refractivity contribution in [1.82, 2.24) is 5.32 Å². The van der Waals surface area contributed by atoms with Crippen molar-refractivity contribution in [3.63, 3.8) is 0 Å². The Hall–Kier alpha value is -0.860. The van der Waals surface area contributed by atoms with Gasteiger partial charge >= 0.3 is 0 Å². The van der Waals surface area contributed by atoms with Crippen molar-refractivity contribution < 1.29 is 5.11 Å². The van der Waals surface area contributed by atoms with Crippen LogP contribution in [-0.4, -0.2) is 24.3 Å². The molecule has 0 saturated heterocycles. The fourth-order valence-corrected chi connectivity index (χ4v) is 1.50. The third-order valence-electron chi connectivity index (χ3n) is 2.52. The summed E-state index contributed by atoms with van der Waals surface area (Å²) in [7, 11) is 0. The largest absolute Gasteiger partial charge is 0.392 e. The van der Waals surface area contributed by atoms with E-state index in [0.717, 1.165) is 19.4 Å². The van der Waals surface area contributed by atoms with Crippen molar-refractivity contribution in [2.45, 2.75) is 32.8 Å². The molecule has 0 amide bonds. The first-order valence-corrected chi connectivity index (χ1v) is 5.66. The maximum absolute atomic E-state index is 9.63. The lowest BCUT2D eigenvalue weighted by atomic mass is 10.1. The Balaban J connectivity index is 2.27. The highest BCUT2D eigenvalue weighted by atomic mass is 16.3. The SMILES string of the molecule is CCNC[C@H](O)CCc1ccc(C)cc1.